The zero-order chi connectivity index (χ0) is 14.0. The molecule has 0 amide bonds. The van der Waals surface area contributed by atoms with E-state index in [4.69, 9.17) is 18.0 Å². The van der Waals surface area contributed by atoms with E-state index in [9.17, 15) is 0 Å². The number of aromatic nitrogens is 2. The summed E-state index contributed by atoms with van der Waals surface area (Å²) >= 11 is 5.09. The van der Waals surface area contributed by atoms with Gasteiger partial charge in [0.05, 0.1) is 17.1 Å². The van der Waals surface area contributed by atoms with Gasteiger partial charge in [-0.15, -0.1) is 0 Å². The minimum Gasteiger partial charge on any atom is -0.389 e. The maximum atomic E-state index is 5.77. The van der Waals surface area contributed by atoms with Crippen LogP contribution in [0.4, 0.5) is 11.5 Å². The summed E-state index contributed by atoms with van der Waals surface area (Å²) in [6.07, 6.45) is 1.76. The van der Waals surface area contributed by atoms with E-state index in [-0.39, 0.29) is 0 Å². The normalized spacial score (nSPS) is 10.3. The average Bonchev–Trinajstić information content (AvgIpc) is 2.40. The number of aryl methyl sites for hydroxylation is 2. The number of hydrogen-bond acceptors (Lipinski definition) is 4. The van der Waals surface area contributed by atoms with Crippen molar-refractivity contribution in [3.63, 3.8) is 0 Å². The van der Waals surface area contributed by atoms with Crippen LogP contribution in [0.5, 0.6) is 0 Å². The maximum absolute atomic E-state index is 5.77. The summed E-state index contributed by atoms with van der Waals surface area (Å²) in [5.74, 6) is 0.809. The Morgan fingerprint density at radius 1 is 1.26 bits per heavy atom. The second-order valence-electron chi connectivity index (χ2n) is 4.36. The summed E-state index contributed by atoms with van der Waals surface area (Å²) in [5.41, 5.74) is 9.27. The van der Waals surface area contributed by atoms with Gasteiger partial charge in [0, 0.05) is 18.8 Å². The number of benzene rings is 1. The van der Waals surface area contributed by atoms with E-state index in [1.807, 2.05) is 50.1 Å². The minimum atomic E-state index is 0.376. The van der Waals surface area contributed by atoms with Gasteiger partial charge in [0.1, 0.15) is 4.99 Å². The molecule has 0 aliphatic rings. The van der Waals surface area contributed by atoms with Gasteiger partial charge in [-0.05, 0) is 26.0 Å². The molecule has 0 aliphatic heterocycles. The topological polar surface area (TPSA) is 55.0 Å². The molecular weight excluding hydrogens is 256 g/mol. The Balaban J connectivity index is 2.53. The van der Waals surface area contributed by atoms with Crippen LogP contribution in [-0.2, 0) is 0 Å². The maximum Gasteiger partial charge on any atom is 0.154 e. The largest absolute Gasteiger partial charge is 0.389 e. The second kappa shape index (κ2) is 5.32. The first-order chi connectivity index (χ1) is 9.00. The molecule has 0 aliphatic carbocycles. The number of hydrogen-bond donors (Lipinski definition) is 1. The number of para-hydroxylation sites is 1. The van der Waals surface area contributed by atoms with Gasteiger partial charge in [0.25, 0.3) is 0 Å². The highest BCUT2D eigenvalue weighted by Crippen LogP contribution is 2.27. The van der Waals surface area contributed by atoms with E-state index in [0.717, 1.165) is 28.5 Å². The molecule has 0 saturated heterocycles. The monoisotopic (exact) mass is 272 g/mol. The summed E-state index contributed by atoms with van der Waals surface area (Å²) < 4.78 is 0. The summed E-state index contributed by atoms with van der Waals surface area (Å²) in [6, 6.07) is 7.75. The highest BCUT2D eigenvalue weighted by atomic mass is 32.1. The Bertz CT molecular complexity index is 625. The molecule has 0 atom stereocenters. The molecule has 1 aromatic carbocycles. The van der Waals surface area contributed by atoms with E-state index in [0.29, 0.717) is 4.99 Å². The summed E-state index contributed by atoms with van der Waals surface area (Å²) in [6.45, 7) is 3.85. The molecule has 4 nitrogen and oxygen atoms in total. The molecule has 0 bridgehead atoms. The molecular formula is C14H16N4S. The smallest absolute Gasteiger partial charge is 0.154 e. The van der Waals surface area contributed by atoms with E-state index in [2.05, 4.69) is 9.97 Å². The van der Waals surface area contributed by atoms with Crippen molar-refractivity contribution in [1.29, 1.82) is 0 Å². The third-order valence-electron chi connectivity index (χ3n) is 2.90. The number of nitrogens with zero attached hydrogens (tertiary/aromatic N) is 3. The van der Waals surface area contributed by atoms with Crippen LogP contribution in [0.1, 0.15) is 17.0 Å². The number of thiocarbonyl (C=S) groups is 1. The van der Waals surface area contributed by atoms with Gasteiger partial charge in [0.2, 0.25) is 0 Å². The van der Waals surface area contributed by atoms with Crippen LogP contribution in [0.2, 0.25) is 0 Å². The second-order valence-corrected chi connectivity index (χ2v) is 4.80. The molecule has 0 spiro atoms. The van der Waals surface area contributed by atoms with Crippen LogP contribution in [0.3, 0.4) is 0 Å². The van der Waals surface area contributed by atoms with E-state index < -0.39 is 0 Å². The Labute approximate surface area is 118 Å². The molecule has 1 aromatic heterocycles. The molecule has 0 unspecified atom stereocenters. The van der Waals surface area contributed by atoms with Crippen LogP contribution < -0.4 is 10.6 Å². The van der Waals surface area contributed by atoms with Gasteiger partial charge in [-0.1, -0.05) is 24.4 Å². The SMILES string of the molecule is Cc1cnc(C)c(N(C)c2ccccc2C(N)=S)n1. The van der Waals surface area contributed by atoms with Gasteiger partial charge >= 0.3 is 0 Å². The zero-order valence-electron chi connectivity index (χ0n) is 11.2. The summed E-state index contributed by atoms with van der Waals surface area (Å²) in [5, 5.41) is 0. The summed E-state index contributed by atoms with van der Waals surface area (Å²) in [7, 11) is 1.94. The van der Waals surface area contributed by atoms with Crippen molar-refractivity contribution in [3.8, 4) is 0 Å². The Hall–Kier alpha value is -2.01. The van der Waals surface area contributed by atoms with Gasteiger partial charge < -0.3 is 10.6 Å². The molecule has 2 N–H and O–H groups in total. The van der Waals surface area contributed by atoms with Crippen molar-refractivity contribution >= 4 is 28.7 Å². The summed E-state index contributed by atoms with van der Waals surface area (Å²) in [4.78, 5) is 11.2. The lowest BCUT2D eigenvalue weighted by Gasteiger charge is -2.22. The minimum absolute atomic E-state index is 0.376. The average molecular weight is 272 g/mol. The molecule has 98 valence electrons. The Morgan fingerprint density at radius 2 is 1.95 bits per heavy atom. The van der Waals surface area contributed by atoms with Crippen LogP contribution in [0, 0.1) is 13.8 Å². The van der Waals surface area contributed by atoms with Gasteiger partial charge in [0.15, 0.2) is 5.82 Å². The molecule has 0 radical (unpaired) electrons. The van der Waals surface area contributed by atoms with Crippen LogP contribution in [-0.4, -0.2) is 22.0 Å². The van der Waals surface area contributed by atoms with Gasteiger partial charge in [-0.3, -0.25) is 4.98 Å². The molecule has 2 aromatic rings. The van der Waals surface area contributed by atoms with Crippen molar-refractivity contribution in [2.75, 3.05) is 11.9 Å². The number of nitrogens with two attached hydrogens (primary N) is 1. The molecule has 2 rings (SSSR count). The first kappa shape index (κ1) is 13.4. The Kier molecular flexibility index (Phi) is 3.76. The molecule has 1 heterocycles. The number of rotatable bonds is 3. The molecule has 0 fully saturated rings. The lowest BCUT2D eigenvalue weighted by atomic mass is 10.1. The third kappa shape index (κ3) is 2.71. The van der Waals surface area contributed by atoms with Crippen molar-refractivity contribution in [2.24, 2.45) is 5.73 Å². The van der Waals surface area contributed by atoms with Crippen molar-refractivity contribution in [3.05, 3.63) is 47.4 Å². The predicted molar refractivity (Wildman–Crippen MR) is 81.9 cm³/mol. The number of anilines is 2. The first-order valence-electron chi connectivity index (χ1n) is 5.93. The highest BCUT2D eigenvalue weighted by Gasteiger charge is 2.14. The van der Waals surface area contributed by atoms with Gasteiger partial charge in [-0.25, -0.2) is 4.98 Å². The lowest BCUT2D eigenvalue weighted by Crippen LogP contribution is -2.19. The third-order valence-corrected chi connectivity index (χ3v) is 3.12. The van der Waals surface area contributed by atoms with Crippen LogP contribution in [0.15, 0.2) is 30.5 Å². The molecule has 0 saturated carbocycles. The fourth-order valence-electron chi connectivity index (χ4n) is 1.93. The first-order valence-corrected chi connectivity index (χ1v) is 6.34. The molecule has 19 heavy (non-hydrogen) atoms. The predicted octanol–water partition coefficient (Wildman–Crippen LogP) is 2.50. The van der Waals surface area contributed by atoms with Crippen molar-refractivity contribution in [1.82, 2.24) is 9.97 Å². The molecule has 5 heteroatoms. The lowest BCUT2D eigenvalue weighted by molar-refractivity contribution is 1.01. The Morgan fingerprint density at radius 3 is 2.63 bits per heavy atom. The zero-order valence-corrected chi connectivity index (χ0v) is 12.0. The quantitative estimate of drug-likeness (QED) is 0.870. The van der Waals surface area contributed by atoms with Crippen molar-refractivity contribution in [2.45, 2.75) is 13.8 Å². The highest BCUT2D eigenvalue weighted by molar-refractivity contribution is 7.80. The standard InChI is InChI=1S/C14H16N4S/c1-9-8-16-10(2)14(17-9)18(3)12-7-5-4-6-11(12)13(15)19/h4-8H,1-3H3,(H2,15,19). The van der Waals surface area contributed by atoms with E-state index in [1.165, 1.54) is 0 Å². The fraction of sp³-hybridized carbons (Fsp3) is 0.214. The van der Waals surface area contributed by atoms with Crippen molar-refractivity contribution < 1.29 is 0 Å². The van der Waals surface area contributed by atoms with Crippen LogP contribution >= 0.6 is 12.2 Å². The van der Waals surface area contributed by atoms with E-state index in [1.54, 1.807) is 6.20 Å². The van der Waals surface area contributed by atoms with Gasteiger partial charge in [-0.2, -0.15) is 0 Å². The van der Waals surface area contributed by atoms with E-state index >= 15 is 0 Å². The van der Waals surface area contributed by atoms with Crippen LogP contribution in [0.25, 0.3) is 0 Å². The fourth-order valence-corrected chi connectivity index (χ4v) is 2.10.